The Kier molecular flexibility index (Phi) is 7.05. The van der Waals surface area contributed by atoms with Gasteiger partial charge in [-0.05, 0) is 24.3 Å². The zero-order valence-electron chi connectivity index (χ0n) is 15.3. The molecule has 0 radical (unpaired) electrons. The van der Waals surface area contributed by atoms with Crippen LogP contribution in [0.3, 0.4) is 0 Å². The van der Waals surface area contributed by atoms with Crippen molar-refractivity contribution in [3.8, 4) is 0 Å². The fourth-order valence-electron chi connectivity index (χ4n) is 3.99. The van der Waals surface area contributed by atoms with Crippen molar-refractivity contribution in [1.82, 2.24) is 15.5 Å². The van der Waals surface area contributed by atoms with Crippen LogP contribution in [0.1, 0.15) is 48.9 Å². The van der Waals surface area contributed by atoms with Gasteiger partial charge in [-0.1, -0.05) is 19.3 Å². The van der Waals surface area contributed by atoms with E-state index in [0.717, 1.165) is 39.1 Å². The molecule has 0 unspecified atom stereocenters. The summed E-state index contributed by atoms with van der Waals surface area (Å²) in [6.07, 6.45) is 6.34. The fraction of sp³-hybridized carbons (Fsp3) is 0.684. The Morgan fingerprint density at radius 2 is 1.92 bits per heavy atom. The van der Waals surface area contributed by atoms with Crippen molar-refractivity contribution in [1.29, 1.82) is 0 Å². The van der Waals surface area contributed by atoms with Gasteiger partial charge in [-0.2, -0.15) is 11.3 Å². The number of nitrogens with one attached hydrogen (secondary N) is 2. The van der Waals surface area contributed by atoms with Crippen LogP contribution in [0.2, 0.25) is 0 Å². The summed E-state index contributed by atoms with van der Waals surface area (Å²) in [6, 6.07) is 1.79. The molecule has 1 saturated carbocycles. The lowest BCUT2D eigenvalue weighted by molar-refractivity contribution is -0.122. The average Bonchev–Trinajstić information content (AvgIpc) is 3.23. The molecule has 2 aliphatic rings. The number of nitrogens with zero attached hydrogens (tertiary/aromatic N) is 1. The minimum Gasteiger partial charge on any atom is -0.379 e. The molecular formula is C19H29N3O3S. The highest BCUT2D eigenvalue weighted by Gasteiger charge is 2.38. The highest BCUT2D eigenvalue weighted by Crippen LogP contribution is 2.33. The maximum atomic E-state index is 12.3. The Morgan fingerprint density at radius 3 is 2.62 bits per heavy atom. The van der Waals surface area contributed by atoms with Crippen LogP contribution in [0.25, 0.3) is 0 Å². The minimum atomic E-state index is -0.115. The van der Waals surface area contributed by atoms with Gasteiger partial charge in [0.2, 0.25) is 5.91 Å². The minimum absolute atomic E-state index is 0.00817. The number of amides is 2. The summed E-state index contributed by atoms with van der Waals surface area (Å²) in [5.74, 6) is -0.107. The zero-order chi connectivity index (χ0) is 18.2. The van der Waals surface area contributed by atoms with Crippen molar-refractivity contribution >= 4 is 23.2 Å². The van der Waals surface area contributed by atoms with E-state index in [1.54, 1.807) is 6.07 Å². The van der Waals surface area contributed by atoms with Gasteiger partial charge in [0, 0.05) is 49.1 Å². The average molecular weight is 380 g/mol. The highest BCUT2D eigenvalue weighted by molar-refractivity contribution is 7.08. The predicted octanol–water partition coefficient (Wildman–Crippen LogP) is 2.02. The Balaban J connectivity index is 1.44. The van der Waals surface area contributed by atoms with Gasteiger partial charge in [0.15, 0.2) is 0 Å². The first-order valence-electron chi connectivity index (χ1n) is 9.60. The molecule has 26 heavy (non-hydrogen) atoms. The van der Waals surface area contributed by atoms with Crippen molar-refractivity contribution in [3.63, 3.8) is 0 Å². The number of hydrogen-bond donors (Lipinski definition) is 2. The first kappa shape index (κ1) is 19.3. The van der Waals surface area contributed by atoms with Gasteiger partial charge >= 0.3 is 0 Å². The van der Waals surface area contributed by atoms with Crippen molar-refractivity contribution < 1.29 is 14.3 Å². The Bertz CT molecular complexity index is 579. The monoisotopic (exact) mass is 379 g/mol. The van der Waals surface area contributed by atoms with Crippen LogP contribution in [-0.4, -0.2) is 61.6 Å². The smallest absolute Gasteiger partial charge is 0.252 e. The summed E-state index contributed by atoms with van der Waals surface area (Å²) in [7, 11) is 0. The lowest BCUT2D eigenvalue weighted by Crippen LogP contribution is -2.59. The number of ether oxygens (including phenoxy) is 1. The van der Waals surface area contributed by atoms with E-state index in [9.17, 15) is 9.59 Å². The number of rotatable bonds is 7. The van der Waals surface area contributed by atoms with Crippen LogP contribution >= 0.6 is 11.3 Å². The molecule has 1 aliphatic heterocycles. The van der Waals surface area contributed by atoms with Crippen molar-refractivity contribution in [2.24, 2.45) is 0 Å². The third kappa shape index (κ3) is 5.05. The van der Waals surface area contributed by atoms with Gasteiger partial charge in [-0.3, -0.25) is 14.5 Å². The second-order valence-electron chi connectivity index (χ2n) is 7.18. The van der Waals surface area contributed by atoms with Gasteiger partial charge in [0.05, 0.1) is 13.2 Å². The second kappa shape index (κ2) is 9.48. The third-order valence-electron chi connectivity index (χ3n) is 5.50. The molecule has 6 nitrogen and oxygen atoms in total. The molecular weight excluding hydrogens is 350 g/mol. The van der Waals surface area contributed by atoms with E-state index < -0.39 is 0 Å². The Morgan fingerprint density at radius 1 is 1.15 bits per heavy atom. The maximum absolute atomic E-state index is 12.3. The van der Waals surface area contributed by atoms with Crippen LogP contribution < -0.4 is 10.6 Å². The summed E-state index contributed by atoms with van der Waals surface area (Å²) < 4.78 is 5.50. The number of thiophene rings is 1. The molecule has 3 rings (SSSR count). The van der Waals surface area contributed by atoms with Crippen molar-refractivity contribution in [2.45, 2.75) is 44.1 Å². The van der Waals surface area contributed by atoms with Crippen molar-refractivity contribution in [2.75, 3.05) is 39.4 Å². The lowest BCUT2D eigenvalue weighted by atomic mass is 9.79. The van der Waals surface area contributed by atoms with E-state index in [1.165, 1.54) is 30.6 Å². The van der Waals surface area contributed by atoms with Gasteiger partial charge in [0.1, 0.15) is 0 Å². The first-order valence-corrected chi connectivity index (χ1v) is 10.5. The normalized spacial score (nSPS) is 20.5. The SMILES string of the molecule is O=C(CCNC(=O)c1ccsc1)NCC1(N2CCOCC2)CCCCC1. The molecule has 7 heteroatoms. The molecule has 1 aliphatic carbocycles. The molecule has 2 heterocycles. The van der Waals surface area contributed by atoms with Gasteiger partial charge in [-0.25, -0.2) is 0 Å². The molecule has 2 fully saturated rings. The molecule has 0 atom stereocenters. The van der Waals surface area contributed by atoms with Crippen LogP contribution in [0, 0.1) is 0 Å². The van der Waals surface area contributed by atoms with E-state index in [4.69, 9.17) is 4.74 Å². The summed E-state index contributed by atoms with van der Waals surface area (Å²) >= 11 is 1.49. The highest BCUT2D eigenvalue weighted by atomic mass is 32.1. The summed E-state index contributed by atoms with van der Waals surface area (Å²) in [6.45, 7) is 4.53. The first-order chi connectivity index (χ1) is 12.7. The third-order valence-corrected chi connectivity index (χ3v) is 6.19. The van der Waals surface area contributed by atoms with E-state index in [1.807, 2.05) is 10.8 Å². The van der Waals surface area contributed by atoms with E-state index in [0.29, 0.717) is 25.1 Å². The quantitative estimate of drug-likeness (QED) is 0.760. The second-order valence-corrected chi connectivity index (χ2v) is 7.96. The predicted molar refractivity (Wildman–Crippen MR) is 102 cm³/mol. The molecule has 1 aromatic heterocycles. The number of morpholine rings is 1. The molecule has 2 N–H and O–H groups in total. The fourth-order valence-corrected chi connectivity index (χ4v) is 4.63. The van der Waals surface area contributed by atoms with Crippen LogP contribution in [-0.2, 0) is 9.53 Å². The summed E-state index contributed by atoms with van der Waals surface area (Å²) in [5, 5.41) is 9.62. The van der Waals surface area contributed by atoms with Crippen molar-refractivity contribution in [3.05, 3.63) is 22.4 Å². The molecule has 1 saturated heterocycles. The van der Waals surface area contributed by atoms with E-state index in [2.05, 4.69) is 15.5 Å². The van der Waals surface area contributed by atoms with Gasteiger partial charge < -0.3 is 15.4 Å². The number of carbonyl (C=O) groups excluding carboxylic acids is 2. The molecule has 1 aromatic rings. The van der Waals surface area contributed by atoms with Gasteiger partial charge in [-0.15, -0.1) is 0 Å². The lowest BCUT2D eigenvalue weighted by Gasteiger charge is -2.48. The van der Waals surface area contributed by atoms with Gasteiger partial charge in [0.25, 0.3) is 5.91 Å². The van der Waals surface area contributed by atoms with Crippen LogP contribution in [0.15, 0.2) is 16.8 Å². The standard InChI is InChI=1S/C19H29N3O3S/c23-17(4-8-20-18(24)16-5-13-26-14-16)21-15-19(6-2-1-3-7-19)22-9-11-25-12-10-22/h5,13-14H,1-4,6-12,15H2,(H,20,24)(H,21,23). The van der Waals surface area contributed by atoms with E-state index in [-0.39, 0.29) is 17.4 Å². The number of hydrogen-bond acceptors (Lipinski definition) is 5. The Hall–Kier alpha value is -1.44. The Labute approximate surface area is 159 Å². The largest absolute Gasteiger partial charge is 0.379 e. The molecule has 144 valence electrons. The molecule has 2 amide bonds. The van der Waals surface area contributed by atoms with Crippen LogP contribution in [0.4, 0.5) is 0 Å². The molecule has 0 spiro atoms. The topological polar surface area (TPSA) is 70.7 Å². The number of carbonyl (C=O) groups is 2. The zero-order valence-corrected chi connectivity index (χ0v) is 16.1. The maximum Gasteiger partial charge on any atom is 0.252 e. The van der Waals surface area contributed by atoms with E-state index >= 15 is 0 Å². The molecule has 0 aromatic carbocycles. The summed E-state index contributed by atoms with van der Waals surface area (Å²) in [5.41, 5.74) is 0.737. The molecule has 0 bridgehead atoms. The summed E-state index contributed by atoms with van der Waals surface area (Å²) in [4.78, 5) is 26.7. The van der Waals surface area contributed by atoms with Crippen LogP contribution in [0.5, 0.6) is 0 Å².